The third kappa shape index (κ3) is 4.80. The van der Waals surface area contributed by atoms with Crippen LogP contribution in [0.25, 0.3) is 0 Å². The minimum atomic E-state index is -0.919. The van der Waals surface area contributed by atoms with Gasteiger partial charge in [-0.15, -0.1) is 0 Å². The molecule has 0 saturated heterocycles. The van der Waals surface area contributed by atoms with Gasteiger partial charge in [-0.25, -0.2) is 9.97 Å². The summed E-state index contributed by atoms with van der Waals surface area (Å²) < 4.78 is 11.0. The van der Waals surface area contributed by atoms with Crippen molar-refractivity contribution >= 4 is 12.9 Å². The van der Waals surface area contributed by atoms with Crippen LogP contribution < -0.4 is 10.2 Å². The normalized spacial score (nSPS) is 12.3. The maximum Gasteiger partial charge on any atom is 0.316 e. The van der Waals surface area contributed by atoms with E-state index in [4.69, 9.17) is 9.39 Å². The van der Waals surface area contributed by atoms with Crippen LogP contribution in [0.3, 0.4) is 0 Å². The lowest BCUT2D eigenvalue weighted by Gasteiger charge is -2.37. The van der Waals surface area contributed by atoms with Crippen molar-refractivity contribution in [2.24, 2.45) is 0 Å². The van der Waals surface area contributed by atoms with Gasteiger partial charge >= 0.3 is 13.5 Å². The van der Waals surface area contributed by atoms with Gasteiger partial charge in [0.05, 0.1) is 17.8 Å². The molecule has 0 bridgehead atoms. The van der Waals surface area contributed by atoms with Gasteiger partial charge in [0.2, 0.25) is 0 Å². The predicted molar refractivity (Wildman–Crippen MR) is 76.1 cm³/mol. The Bertz CT molecular complexity index is 388. The van der Waals surface area contributed by atoms with Crippen molar-refractivity contribution in [1.29, 1.82) is 0 Å². The van der Waals surface area contributed by atoms with Crippen molar-refractivity contribution in [3.05, 3.63) is 12.4 Å². The number of hydrogen-bond acceptors (Lipinski definition) is 5. The number of hydrogen-bond donors (Lipinski definition) is 1. The standard InChI is InChI=1S/C13H23BN2O3/c1-6-7-18-11-15-8-10(9-16-11)14-19-13(4,5)12(2,3)17/h8-9,14,17H,6-7H2,1-5H3. The summed E-state index contributed by atoms with van der Waals surface area (Å²) in [6.07, 6.45) is 4.28. The Morgan fingerprint density at radius 3 is 2.26 bits per heavy atom. The molecule has 0 fully saturated rings. The van der Waals surface area contributed by atoms with Crippen LogP contribution in [0.15, 0.2) is 12.4 Å². The van der Waals surface area contributed by atoms with E-state index in [1.54, 1.807) is 26.2 Å². The fraction of sp³-hybridized carbons (Fsp3) is 0.692. The number of ether oxygens (including phenoxy) is 1. The molecule has 106 valence electrons. The molecule has 0 aliphatic carbocycles. The van der Waals surface area contributed by atoms with Gasteiger partial charge in [0.1, 0.15) is 0 Å². The molecule has 0 radical (unpaired) electrons. The summed E-state index contributed by atoms with van der Waals surface area (Å²) in [5.74, 6) is 0. The third-order valence-electron chi connectivity index (χ3n) is 3.19. The van der Waals surface area contributed by atoms with E-state index in [1.807, 2.05) is 20.8 Å². The third-order valence-corrected chi connectivity index (χ3v) is 3.19. The van der Waals surface area contributed by atoms with Crippen molar-refractivity contribution in [2.75, 3.05) is 6.61 Å². The van der Waals surface area contributed by atoms with Crippen LogP contribution in [-0.4, -0.2) is 40.4 Å². The minimum Gasteiger partial charge on any atom is -0.463 e. The van der Waals surface area contributed by atoms with Crippen LogP contribution in [0, 0.1) is 0 Å². The number of aliphatic hydroxyl groups is 1. The van der Waals surface area contributed by atoms with Gasteiger partial charge in [0.25, 0.3) is 0 Å². The van der Waals surface area contributed by atoms with Crippen molar-refractivity contribution < 1.29 is 14.5 Å². The average Bonchev–Trinajstić information content (AvgIpc) is 2.34. The Morgan fingerprint density at radius 2 is 1.79 bits per heavy atom. The molecule has 5 nitrogen and oxygen atoms in total. The van der Waals surface area contributed by atoms with E-state index in [1.165, 1.54) is 0 Å². The largest absolute Gasteiger partial charge is 0.463 e. The number of nitrogens with zero attached hydrogens (tertiary/aromatic N) is 2. The van der Waals surface area contributed by atoms with Crippen LogP contribution in [0.1, 0.15) is 41.0 Å². The Morgan fingerprint density at radius 1 is 1.21 bits per heavy atom. The first-order valence-corrected chi connectivity index (χ1v) is 6.56. The first kappa shape index (κ1) is 15.9. The van der Waals surface area contributed by atoms with Gasteiger partial charge in [0.15, 0.2) is 0 Å². The predicted octanol–water partition coefficient (Wildman–Crippen LogP) is 0.808. The maximum atomic E-state index is 9.99. The van der Waals surface area contributed by atoms with Crippen LogP contribution in [-0.2, 0) is 4.65 Å². The van der Waals surface area contributed by atoms with E-state index in [2.05, 4.69) is 9.97 Å². The smallest absolute Gasteiger partial charge is 0.316 e. The Balaban J connectivity index is 2.55. The fourth-order valence-electron chi connectivity index (χ4n) is 1.13. The second-order valence-electron chi connectivity index (χ2n) is 5.58. The van der Waals surface area contributed by atoms with E-state index in [0.29, 0.717) is 20.1 Å². The van der Waals surface area contributed by atoms with Gasteiger partial charge in [-0.1, -0.05) is 6.92 Å². The molecule has 1 heterocycles. The lowest BCUT2D eigenvalue weighted by molar-refractivity contribution is -0.0893. The van der Waals surface area contributed by atoms with Crippen molar-refractivity contribution in [3.63, 3.8) is 0 Å². The first-order valence-electron chi connectivity index (χ1n) is 6.56. The molecule has 0 spiro atoms. The van der Waals surface area contributed by atoms with Crippen molar-refractivity contribution in [1.82, 2.24) is 9.97 Å². The minimum absolute atomic E-state index is 0.352. The highest BCUT2D eigenvalue weighted by molar-refractivity contribution is 6.46. The lowest BCUT2D eigenvalue weighted by atomic mass is 9.84. The molecule has 0 atom stereocenters. The number of rotatable bonds is 7. The molecular formula is C13H23BN2O3. The molecule has 0 aromatic carbocycles. The highest BCUT2D eigenvalue weighted by atomic mass is 16.5. The number of aromatic nitrogens is 2. The Hall–Kier alpha value is -1.14. The van der Waals surface area contributed by atoms with E-state index >= 15 is 0 Å². The lowest BCUT2D eigenvalue weighted by Crippen LogP contribution is -2.49. The van der Waals surface area contributed by atoms with Crippen LogP contribution in [0.5, 0.6) is 6.01 Å². The average molecular weight is 266 g/mol. The second-order valence-corrected chi connectivity index (χ2v) is 5.58. The van der Waals surface area contributed by atoms with Gasteiger partial charge in [-0.3, -0.25) is 0 Å². The maximum absolute atomic E-state index is 9.99. The van der Waals surface area contributed by atoms with Gasteiger partial charge < -0.3 is 14.5 Å². The highest BCUT2D eigenvalue weighted by Gasteiger charge is 2.35. The van der Waals surface area contributed by atoms with E-state index in [-0.39, 0.29) is 0 Å². The molecule has 1 aromatic rings. The quantitative estimate of drug-likeness (QED) is 0.740. The summed E-state index contributed by atoms with van der Waals surface area (Å²) in [5.41, 5.74) is -0.719. The van der Waals surface area contributed by atoms with Crippen LogP contribution >= 0.6 is 0 Å². The molecule has 0 amide bonds. The molecule has 19 heavy (non-hydrogen) atoms. The summed E-state index contributed by atoms with van der Waals surface area (Å²) >= 11 is 0. The zero-order valence-electron chi connectivity index (χ0n) is 12.4. The SMILES string of the molecule is CCCOc1ncc(BOC(C)(C)C(C)(C)O)cn1. The van der Waals surface area contributed by atoms with Crippen LogP contribution in [0.4, 0.5) is 0 Å². The zero-order valence-corrected chi connectivity index (χ0v) is 12.4. The van der Waals surface area contributed by atoms with Crippen molar-refractivity contribution in [3.8, 4) is 6.01 Å². The summed E-state index contributed by atoms with van der Waals surface area (Å²) in [5, 5.41) is 9.99. The summed E-state index contributed by atoms with van der Waals surface area (Å²) in [6, 6.07) is 0.382. The summed E-state index contributed by atoms with van der Waals surface area (Å²) in [7, 11) is 0.352. The zero-order chi connectivity index (χ0) is 14.5. The molecule has 0 unspecified atom stereocenters. The molecule has 6 heteroatoms. The topological polar surface area (TPSA) is 64.5 Å². The second kappa shape index (κ2) is 6.35. The molecular weight excluding hydrogens is 243 g/mol. The van der Waals surface area contributed by atoms with Crippen LogP contribution in [0.2, 0.25) is 0 Å². The van der Waals surface area contributed by atoms with Crippen molar-refractivity contribution in [2.45, 2.75) is 52.2 Å². The molecule has 1 rings (SSSR count). The van der Waals surface area contributed by atoms with E-state index in [0.717, 1.165) is 11.9 Å². The summed E-state index contributed by atoms with van der Waals surface area (Å²) in [4.78, 5) is 8.21. The van der Waals surface area contributed by atoms with Gasteiger partial charge in [0, 0.05) is 12.4 Å². The molecule has 0 aliphatic rings. The molecule has 1 aromatic heterocycles. The fourth-order valence-corrected chi connectivity index (χ4v) is 1.13. The van der Waals surface area contributed by atoms with E-state index in [9.17, 15) is 5.11 Å². The first-order chi connectivity index (χ1) is 8.76. The monoisotopic (exact) mass is 266 g/mol. The molecule has 1 N–H and O–H groups in total. The molecule has 0 aliphatic heterocycles. The highest BCUT2D eigenvalue weighted by Crippen LogP contribution is 2.24. The van der Waals surface area contributed by atoms with Gasteiger partial charge in [-0.05, 0) is 39.6 Å². The van der Waals surface area contributed by atoms with E-state index < -0.39 is 11.2 Å². The van der Waals surface area contributed by atoms with Gasteiger partial charge in [-0.2, -0.15) is 0 Å². The Kier molecular flexibility index (Phi) is 5.32. The Labute approximate surface area is 115 Å². The summed E-state index contributed by atoms with van der Waals surface area (Å²) in [6.45, 7) is 9.80. The molecule has 0 saturated carbocycles.